The van der Waals surface area contributed by atoms with Gasteiger partial charge in [0.1, 0.15) is 0 Å². The van der Waals surface area contributed by atoms with Crippen LogP contribution in [0.15, 0.2) is 30.9 Å². The molecule has 0 bridgehead atoms. The lowest BCUT2D eigenvalue weighted by Crippen LogP contribution is -2.25. The Morgan fingerprint density at radius 1 is 0.850 bits per heavy atom. The van der Waals surface area contributed by atoms with Crippen molar-refractivity contribution in [2.24, 2.45) is 0 Å². The maximum atomic E-state index is 12.2. The molecule has 0 fully saturated rings. The number of rotatable bonds is 4. The van der Waals surface area contributed by atoms with Gasteiger partial charge in [-0.1, -0.05) is 0 Å². The van der Waals surface area contributed by atoms with Crippen molar-refractivity contribution in [2.75, 3.05) is 28.2 Å². The molecule has 20 heavy (non-hydrogen) atoms. The molecular weight excluding hydrogens is 436 g/mol. The maximum absolute atomic E-state index is 12.2. The number of hydrogen-bond acceptors (Lipinski definition) is 4. The molecule has 0 aliphatic heterocycles. The van der Waals surface area contributed by atoms with Gasteiger partial charge in [-0.15, -0.1) is 0 Å². The molecule has 0 atom stereocenters. The molecule has 0 spiro atoms. The number of halogens is 2. The van der Waals surface area contributed by atoms with E-state index >= 15 is 0 Å². The van der Waals surface area contributed by atoms with E-state index in [1.807, 2.05) is 0 Å². The molecule has 0 saturated heterocycles. The van der Waals surface area contributed by atoms with Gasteiger partial charge in [-0.3, -0.25) is 0 Å². The average molecular weight is 450 g/mol. The summed E-state index contributed by atoms with van der Waals surface area (Å²) < 4.78 is 51.4. The average Bonchev–Trinajstić information content (AvgIpc) is 2.31. The van der Waals surface area contributed by atoms with Crippen molar-refractivity contribution in [2.45, 2.75) is 9.79 Å². The van der Waals surface area contributed by atoms with Crippen molar-refractivity contribution in [3.63, 3.8) is 0 Å². The molecule has 1 aromatic carbocycles. The fourth-order valence-electron chi connectivity index (χ4n) is 1.28. The summed E-state index contributed by atoms with van der Waals surface area (Å²) in [6.45, 7) is 0. The molecular formula is C10H14Br2N2O4S2. The predicted octanol–water partition coefficient (Wildman–Crippen LogP) is 1.71. The lowest BCUT2D eigenvalue weighted by Gasteiger charge is -2.17. The van der Waals surface area contributed by atoms with E-state index in [9.17, 15) is 16.8 Å². The molecule has 1 aromatic rings. The monoisotopic (exact) mass is 448 g/mol. The van der Waals surface area contributed by atoms with Crippen molar-refractivity contribution in [1.82, 2.24) is 8.61 Å². The molecule has 0 aliphatic carbocycles. The summed E-state index contributed by atoms with van der Waals surface area (Å²) in [6, 6.07) is 2.49. The second-order valence-corrected chi connectivity index (χ2v) is 10.2. The Morgan fingerprint density at radius 2 is 1.30 bits per heavy atom. The smallest absolute Gasteiger partial charge is 0.207 e. The largest absolute Gasteiger partial charge is 0.243 e. The van der Waals surface area contributed by atoms with Crippen molar-refractivity contribution in [3.05, 3.63) is 21.1 Å². The van der Waals surface area contributed by atoms with Gasteiger partial charge in [0.15, 0.2) is 0 Å². The predicted molar refractivity (Wildman–Crippen MR) is 83.6 cm³/mol. The first kappa shape index (κ1) is 18.1. The van der Waals surface area contributed by atoms with E-state index in [2.05, 4.69) is 31.9 Å². The Morgan fingerprint density at radius 3 is 1.70 bits per heavy atom. The molecule has 0 N–H and O–H groups in total. The highest BCUT2D eigenvalue weighted by Crippen LogP contribution is 2.34. The summed E-state index contributed by atoms with van der Waals surface area (Å²) in [5, 5.41) is 0. The Hall–Kier alpha value is -0.000000000000000194. The van der Waals surface area contributed by atoms with E-state index in [-0.39, 0.29) is 14.3 Å². The van der Waals surface area contributed by atoms with Gasteiger partial charge in [-0.25, -0.2) is 25.4 Å². The Labute approximate surface area is 136 Å². The van der Waals surface area contributed by atoms with Crippen LogP contribution in [0.5, 0.6) is 0 Å². The molecule has 0 heterocycles. The van der Waals surface area contributed by atoms with Crippen molar-refractivity contribution >= 4 is 51.9 Å². The summed E-state index contributed by atoms with van der Waals surface area (Å²) in [7, 11) is -1.97. The van der Waals surface area contributed by atoms with Crippen LogP contribution in [0.1, 0.15) is 0 Å². The maximum Gasteiger partial charge on any atom is 0.243 e. The molecule has 0 radical (unpaired) electrons. The van der Waals surface area contributed by atoms with E-state index in [1.54, 1.807) is 0 Å². The third-order valence-corrected chi connectivity index (χ3v) is 8.41. The quantitative estimate of drug-likeness (QED) is 0.701. The molecule has 1 rings (SSSR count). The number of benzene rings is 1. The molecule has 0 amide bonds. The highest BCUT2D eigenvalue weighted by molar-refractivity contribution is 9.13. The molecule has 10 heteroatoms. The molecule has 0 aromatic heterocycles. The van der Waals surface area contributed by atoms with Gasteiger partial charge in [-0.2, -0.15) is 0 Å². The normalized spacial score (nSPS) is 13.2. The molecule has 0 unspecified atom stereocenters. The van der Waals surface area contributed by atoms with Gasteiger partial charge in [0.2, 0.25) is 20.0 Å². The molecule has 0 saturated carbocycles. The third kappa shape index (κ3) is 3.25. The van der Waals surface area contributed by atoms with Crippen molar-refractivity contribution in [1.29, 1.82) is 0 Å². The zero-order chi connectivity index (χ0) is 15.9. The van der Waals surface area contributed by atoms with Gasteiger partial charge < -0.3 is 0 Å². The fourth-order valence-corrected chi connectivity index (χ4v) is 4.91. The van der Waals surface area contributed by atoms with Crippen LogP contribution < -0.4 is 0 Å². The van der Waals surface area contributed by atoms with Crippen LogP contribution >= 0.6 is 31.9 Å². The first-order valence-electron chi connectivity index (χ1n) is 5.26. The van der Waals surface area contributed by atoms with E-state index in [0.29, 0.717) is 4.47 Å². The lowest BCUT2D eigenvalue weighted by atomic mass is 10.4. The van der Waals surface area contributed by atoms with Crippen LogP contribution in [0.2, 0.25) is 0 Å². The van der Waals surface area contributed by atoms with E-state index < -0.39 is 20.0 Å². The summed E-state index contributed by atoms with van der Waals surface area (Å²) in [5.41, 5.74) is 0. The highest BCUT2D eigenvalue weighted by atomic mass is 79.9. The van der Waals surface area contributed by atoms with Crippen molar-refractivity contribution < 1.29 is 16.8 Å². The first-order valence-corrected chi connectivity index (χ1v) is 9.73. The van der Waals surface area contributed by atoms with Crippen molar-refractivity contribution in [3.8, 4) is 0 Å². The van der Waals surface area contributed by atoms with Crippen LogP contribution in [0.3, 0.4) is 0 Å². The van der Waals surface area contributed by atoms with E-state index in [1.165, 1.54) is 34.3 Å². The van der Waals surface area contributed by atoms with Gasteiger partial charge in [0.25, 0.3) is 0 Å². The van der Waals surface area contributed by atoms with Gasteiger partial charge in [0.05, 0.1) is 14.3 Å². The standard InChI is InChI=1S/C10H14Br2N2O4S2/c1-13(2)19(15,16)7-5-8(11)10(12)9(6-7)20(17,18)14(3)4/h5-6H,1-4H3. The third-order valence-electron chi connectivity index (χ3n) is 2.51. The minimum Gasteiger partial charge on any atom is -0.207 e. The van der Waals surface area contributed by atoms with E-state index in [4.69, 9.17) is 0 Å². The summed E-state index contributed by atoms with van der Waals surface area (Å²) in [6.07, 6.45) is 0. The molecule has 6 nitrogen and oxygen atoms in total. The summed E-state index contributed by atoms with van der Waals surface area (Å²) in [4.78, 5) is -0.213. The second-order valence-electron chi connectivity index (χ2n) is 4.29. The Kier molecular flexibility index (Phi) is 5.43. The minimum atomic E-state index is -3.77. The number of sulfonamides is 2. The number of nitrogens with zero attached hydrogens (tertiary/aromatic N) is 2. The Bertz CT molecular complexity index is 728. The highest BCUT2D eigenvalue weighted by Gasteiger charge is 2.27. The summed E-state index contributed by atoms with van der Waals surface area (Å²) >= 11 is 6.33. The van der Waals surface area contributed by atoms with Crippen LogP contribution in [-0.2, 0) is 20.0 Å². The zero-order valence-electron chi connectivity index (χ0n) is 11.3. The van der Waals surface area contributed by atoms with Crippen LogP contribution in [0, 0.1) is 0 Å². The minimum absolute atomic E-state index is 0.0991. The molecule has 0 aliphatic rings. The van der Waals surface area contributed by atoms with Gasteiger partial charge in [0, 0.05) is 32.7 Å². The molecule has 114 valence electrons. The Balaban J connectivity index is 3.71. The van der Waals surface area contributed by atoms with Crippen LogP contribution in [0.25, 0.3) is 0 Å². The number of hydrogen-bond donors (Lipinski definition) is 0. The van der Waals surface area contributed by atoms with Crippen LogP contribution in [-0.4, -0.2) is 53.6 Å². The second kappa shape index (κ2) is 6.01. The first-order chi connectivity index (χ1) is 8.92. The SMILES string of the molecule is CN(C)S(=O)(=O)c1cc(Br)c(Br)c(S(=O)(=O)N(C)C)c1. The van der Waals surface area contributed by atoms with Gasteiger partial charge >= 0.3 is 0 Å². The topological polar surface area (TPSA) is 74.8 Å². The van der Waals surface area contributed by atoms with Crippen LogP contribution in [0.4, 0.5) is 0 Å². The zero-order valence-corrected chi connectivity index (χ0v) is 16.1. The fraction of sp³-hybridized carbons (Fsp3) is 0.400. The summed E-state index contributed by atoms with van der Waals surface area (Å²) in [5.74, 6) is 0. The lowest BCUT2D eigenvalue weighted by molar-refractivity contribution is 0.517. The van der Waals surface area contributed by atoms with Gasteiger partial charge in [-0.05, 0) is 44.0 Å². The van der Waals surface area contributed by atoms with E-state index in [0.717, 1.165) is 14.7 Å².